The number of fused-ring (bicyclic) bond motifs is 1. The topological polar surface area (TPSA) is 57.4 Å². The van der Waals surface area contributed by atoms with E-state index >= 15 is 0 Å². The van der Waals surface area contributed by atoms with Crippen LogP contribution in [0.5, 0.6) is 17.2 Å². The molecule has 4 nitrogen and oxygen atoms in total. The van der Waals surface area contributed by atoms with Crippen LogP contribution in [-0.2, 0) is 0 Å². The van der Waals surface area contributed by atoms with E-state index in [1.54, 1.807) is 6.20 Å². The average Bonchev–Trinajstić information content (AvgIpc) is 2.48. The zero-order valence-electron chi connectivity index (χ0n) is 11.7. The van der Waals surface area contributed by atoms with Gasteiger partial charge in [0.2, 0.25) is 0 Å². The zero-order valence-corrected chi connectivity index (χ0v) is 11.7. The largest absolute Gasteiger partial charge is 0.494 e. The highest BCUT2D eigenvalue weighted by Crippen LogP contribution is 2.31. The van der Waals surface area contributed by atoms with Gasteiger partial charge >= 0.3 is 0 Å². The van der Waals surface area contributed by atoms with Crippen molar-refractivity contribution in [3.05, 3.63) is 54.7 Å². The fourth-order valence-corrected chi connectivity index (χ4v) is 2.15. The van der Waals surface area contributed by atoms with Crippen molar-refractivity contribution in [3.63, 3.8) is 0 Å². The minimum absolute atomic E-state index is 0.626. The van der Waals surface area contributed by atoms with Gasteiger partial charge in [0.25, 0.3) is 0 Å². The number of ether oxygens (including phenoxy) is 2. The first-order valence-electron chi connectivity index (χ1n) is 6.81. The summed E-state index contributed by atoms with van der Waals surface area (Å²) in [5.41, 5.74) is 7.28. The molecule has 0 aliphatic carbocycles. The molecule has 2 aromatic carbocycles. The Morgan fingerprint density at radius 2 is 1.90 bits per heavy atom. The van der Waals surface area contributed by atoms with E-state index in [9.17, 15) is 0 Å². The Bertz CT molecular complexity index is 772. The molecule has 0 aliphatic rings. The van der Waals surface area contributed by atoms with Crippen LogP contribution in [0, 0.1) is 0 Å². The molecule has 1 aromatic heterocycles. The number of benzene rings is 2. The molecule has 0 atom stereocenters. The Kier molecular flexibility index (Phi) is 3.60. The van der Waals surface area contributed by atoms with Crippen molar-refractivity contribution < 1.29 is 9.47 Å². The third-order valence-corrected chi connectivity index (χ3v) is 3.07. The monoisotopic (exact) mass is 280 g/mol. The Balaban J connectivity index is 1.96. The summed E-state index contributed by atoms with van der Waals surface area (Å²) in [5, 5.41) is 0.925. The quantitative estimate of drug-likeness (QED) is 0.734. The van der Waals surface area contributed by atoms with Crippen LogP contribution in [0.15, 0.2) is 54.7 Å². The third kappa shape index (κ3) is 2.89. The molecular weight excluding hydrogens is 264 g/mol. The highest BCUT2D eigenvalue weighted by Gasteiger charge is 2.05. The van der Waals surface area contributed by atoms with Crippen LogP contribution in [0.2, 0.25) is 0 Å². The van der Waals surface area contributed by atoms with Crippen molar-refractivity contribution in [1.82, 2.24) is 4.98 Å². The van der Waals surface area contributed by atoms with Crippen LogP contribution in [0.4, 0.5) is 5.69 Å². The fraction of sp³-hybridized carbons (Fsp3) is 0.118. The normalized spacial score (nSPS) is 10.5. The van der Waals surface area contributed by atoms with Gasteiger partial charge in [-0.25, -0.2) is 0 Å². The molecule has 106 valence electrons. The molecule has 3 aromatic rings. The second-order valence-electron chi connectivity index (χ2n) is 4.60. The van der Waals surface area contributed by atoms with Crippen molar-refractivity contribution in [2.75, 3.05) is 12.3 Å². The van der Waals surface area contributed by atoms with Crippen LogP contribution in [0.1, 0.15) is 6.92 Å². The van der Waals surface area contributed by atoms with Gasteiger partial charge in [0.1, 0.15) is 17.2 Å². The predicted octanol–water partition coefficient (Wildman–Crippen LogP) is 4.01. The first-order chi connectivity index (χ1) is 10.3. The van der Waals surface area contributed by atoms with Gasteiger partial charge in [-0.2, -0.15) is 0 Å². The van der Waals surface area contributed by atoms with Gasteiger partial charge in [-0.05, 0) is 43.3 Å². The third-order valence-electron chi connectivity index (χ3n) is 3.07. The summed E-state index contributed by atoms with van der Waals surface area (Å²) in [6.45, 7) is 2.58. The van der Waals surface area contributed by atoms with E-state index in [4.69, 9.17) is 15.2 Å². The maximum atomic E-state index is 5.96. The summed E-state index contributed by atoms with van der Waals surface area (Å²) in [6, 6.07) is 15.0. The van der Waals surface area contributed by atoms with Gasteiger partial charge in [0.15, 0.2) is 0 Å². The molecule has 0 unspecified atom stereocenters. The molecule has 1 heterocycles. The van der Waals surface area contributed by atoms with E-state index < -0.39 is 0 Å². The maximum Gasteiger partial charge on any atom is 0.138 e. The van der Waals surface area contributed by atoms with Gasteiger partial charge in [-0.15, -0.1) is 0 Å². The standard InChI is InChI=1S/C17H16N2O2/c1-2-20-13-4-3-5-14(11-13)21-17-8-9-19-16-10-12(18)6-7-15(16)17/h3-11H,2,18H2,1H3. The molecular formula is C17H16N2O2. The number of rotatable bonds is 4. The molecule has 4 heteroatoms. The second kappa shape index (κ2) is 5.71. The van der Waals surface area contributed by atoms with E-state index in [0.29, 0.717) is 12.3 Å². The fourth-order valence-electron chi connectivity index (χ4n) is 2.15. The van der Waals surface area contributed by atoms with E-state index in [1.807, 2.05) is 55.5 Å². The van der Waals surface area contributed by atoms with Crippen molar-refractivity contribution in [3.8, 4) is 17.2 Å². The summed E-state index contributed by atoms with van der Waals surface area (Å²) >= 11 is 0. The van der Waals surface area contributed by atoms with Crippen molar-refractivity contribution in [2.24, 2.45) is 0 Å². The van der Waals surface area contributed by atoms with Gasteiger partial charge in [-0.1, -0.05) is 6.07 Å². The summed E-state index contributed by atoms with van der Waals surface area (Å²) in [7, 11) is 0. The molecule has 0 amide bonds. The number of hydrogen-bond donors (Lipinski definition) is 1. The van der Waals surface area contributed by atoms with Crippen LogP contribution in [0.25, 0.3) is 10.9 Å². The predicted molar refractivity (Wildman–Crippen MR) is 83.8 cm³/mol. The first-order valence-corrected chi connectivity index (χ1v) is 6.81. The number of pyridine rings is 1. The van der Waals surface area contributed by atoms with Gasteiger partial charge in [0.05, 0.1) is 12.1 Å². The van der Waals surface area contributed by atoms with Gasteiger partial charge in [-0.3, -0.25) is 4.98 Å². The number of nitrogens with zero attached hydrogens (tertiary/aromatic N) is 1. The second-order valence-corrected chi connectivity index (χ2v) is 4.60. The number of anilines is 1. The lowest BCUT2D eigenvalue weighted by Crippen LogP contribution is -1.92. The highest BCUT2D eigenvalue weighted by atomic mass is 16.5. The highest BCUT2D eigenvalue weighted by molar-refractivity contribution is 5.87. The Hall–Kier alpha value is -2.75. The lowest BCUT2D eigenvalue weighted by Gasteiger charge is -2.10. The molecule has 0 radical (unpaired) electrons. The summed E-state index contributed by atoms with van der Waals surface area (Å²) in [4.78, 5) is 4.31. The minimum Gasteiger partial charge on any atom is -0.494 e. The molecule has 3 rings (SSSR count). The number of nitrogens with two attached hydrogens (primary N) is 1. The molecule has 0 fully saturated rings. The van der Waals surface area contributed by atoms with Gasteiger partial charge in [0, 0.05) is 23.3 Å². The molecule has 21 heavy (non-hydrogen) atoms. The van der Waals surface area contributed by atoms with Crippen LogP contribution in [0.3, 0.4) is 0 Å². The summed E-state index contributed by atoms with van der Waals surface area (Å²) < 4.78 is 11.4. The number of hydrogen-bond acceptors (Lipinski definition) is 4. The summed E-state index contributed by atoms with van der Waals surface area (Å²) in [6.07, 6.45) is 1.71. The average molecular weight is 280 g/mol. The molecule has 0 saturated heterocycles. The van der Waals surface area contributed by atoms with Crippen molar-refractivity contribution >= 4 is 16.6 Å². The van der Waals surface area contributed by atoms with E-state index in [1.165, 1.54) is 0 Å². The Labute approximate surface area is 123 Å². The Morgan fingerprint density at radius 1 is 1.05 bits per heavy atom. The SMILES string of the molecule is CCOc1cccc(Oc2ccnc3cc(N)ccc23)c1. The van der Waals surface area contributed by atoms with Crippen molar-refractivity contribution in [1.29, 1.82) is 0 Å². The van der Waals surface area contributed by atoms with Gasteiger partial charge < -0.3 is 15.2 Å². The maximum absolute atomic E-state index is 5.96. The molecule has 2 N–H and O–H groups in total. The smallest absolute Gasteiger partial charge is 0.138 e. The molecule has 0 saturated carbocycles. The molecule has 0 bridgehead atoms. The minimum atomic E-state index is 0.626. The zero-order chi connectivity index (χ0) is 14.7. The molecule has 0 aliphatic heterocycles. The lowest BCUT2D eigenvalue weighted by atomic mass is 10.2. The van der Waals surface area contributed by atoms with Crippen LogP contribution in [-0.4, -0.2) is 11.6 Å². The van der Waals surface area contributed by atoms with Crippen LogP contribution < -0.4 is 15.2 Å². The first kappa shape index (κ1) is 13.2. The Morgan fingerprint density at radius 3 is 2.76 bits per heavy atom. The van der Waals surface area contributed by atoms with E-state index in [-0.39, 0.29) is 0 Å². The van der Waals surface area contributed by atoms with Crippen molar-refractivity contribution in [2.45, 2.75) is 6.92 Å². The number of nitrogen functional groups attached to an aromatic ring is 1. The molecule has 0 spiro atoms. The summed E-state index contributed by atoms with van der Waals surface area (Å²) in [5.74, 6) is 2.26. The lowest BCUT2D eigenvalue weighted by molar-refractivity contribution is 0.338. The van der Waals surface area contributed by atoms with E-state index in [0.717, 1.165) is 28.2 Å². The van der Waals surface area contributed by atoms with E-state index in [2.05, 4.69) is 4.98 Å². The van der Waals surface area contributed by atoms with Crippen LogP contribution >= 0.6 is 0 Å². The number of aromatic nitrogens is 1.